The van der Waals surface area contributed by atoms with Gasteiger partial charge in [-0.05, 0) is 31.2 Å². The predicted molar refractivity (Wildman–Crippen MR) is 113 cm³/mol. The van der Waals surface area contributed by atoms with Crippen molar-refractivity contribution in [2.45, 2.75) is 24.8 Å². The molecule has 0 radical (unpaired) electrons. The topological polar surface area (TPSA) is 104 Å². The number of thioether (sulfide) groups is 1. The molecule has 0 aliphatic carbocycles. The van der Waals surface area contributed by atoms with Crippen LogP contribution in [-0.2, 0) is 24.4 Å². The Balaban J connectivity index is 1.30. The molecule has 2 aromatic heterocycles. The van der Waals surface area contributed by atoms with Crippen LogP contribution in [0.25, 0.3) is 0 Å². The molecule has 0 fully saturated rings. The smallest absolute Gasteiger partial charge is 0.277 e. The van der Waals surface area contributed by atoms with E-state index in [0.717, 1.165) is 41.7 Å². The van der Waals surface area contributed by atoms with Crippen LogP contribution in [0.1, 0.15) is 21.9 Å². The van der Waals surface area contributed by atoms with Gasteiger partial charge in [-0.25, -0.2) is 0 Å². The number of ether oxygens (including phenoxy) is 1. The molecule has 0 spiro atoms. The van der Waals surface area contributed by atoms with Gasteiger partial charge >= 0.3 is 0 Å². The Morgan fingerprint density at radius 3 is 3.03 bits per heavy atom. The molecule has 1 aliphatic rings. The summed E-state index contributed by atoms with van der Waals surface area (Å²) < 4.78 is 11.1. The first kappa shape index (κ1) is 20.4. The van der Waals surface area contributed by atoms with Crippen LogP contribution in [0.4, 0.5) is 5.00 Å². The molecule has 1 amide bonds. The zero-order chi connectivity index (χ0) is 20.9. The molecule has 0 saturated carbocycles. The molecule has 0 atom stereocenters. The molecule has 1 aromatic carbocycles. The Morgan fingerprint density at radius 1 is 1.40 bits per heavy atom. The van der Waals surface area contributed by atoms with Crippen molar-refractivity contribution in [3.63, 3.8) is 0 Å². The Morgan fingerprint density at radius 2 is 2.23 bits per heavy atom. The third kappa shape index (κ3) is 4.81. The molecule has 4 rings (SSSR count). The summed E-state index contributed by atoms with van der Waals surface area (Å²) in [6.45, 7) is 1.87. The fourth-order valence-corrected chi connectivity index (χ4v) is 4.92. The minimum absolute atomic E-state index is 0.106. The number of carbonyl (C=O) groups is 1. The Hall–Kier alpha value is -2.87. The van der Waals surface area contributed by atoms with E-state index in [1.165, 1.54) is 11.3 Å². The molecule has 0 bridgehead atoms. The minimum Gasteiger partial charge on any atom is -0.484 e. The minimum atomic E-state index is -0.219. The second-order valence-corrected chi connectivity index (χ2v) is 8.74. The number of nitrogens with one attached hydrogen (secondary N) is 1. The summed E-state index contributed by atoms with van der Waals surface area (Å²) in [4.78, 5) is 15.7. The monoisotopic (exact) mass is 441 g/mol. The van der Waals surface area contributed by atoms with Gasteiger partial charge in [0.15, 0.2) is 6.61 Å². The second kappa shape index (κ2) is 9.30. The molecular weight excluding hydrogens is 422 g/mol. The maximum atomic E-state index is 12.4. The number of aromatic nitrogens is 2. The fourth-order valence-electron chi connectivity index (χ4n) is 3.04. The number of likely N-dealkylation sites (N-methyl/N-ethyl adjacent to an activating group) is 1. The highest BCUT2D eigenvalue weighted by Crippen LogP contribution is 2.36. The number of carbonyl (C=O) groups excluding carboxylic acids is 1. The summed E-state index contributed by atoms with van der Waals surface area (Å²) in [5.41, 5.74) is 1.64. The third-order valence-corrected chi connectivity index (χ3v) is 6.44. The summed E-state index contributed by atoms with van der Waals surface area (Å²) in [6.07, 6.45) is 0.825. The van der Waals surface area contributed by atoms with Crippen molar-refractivity contribution < 1.29 is 13.9 Å². The number of anilines is 1. The van der Waals surface area contributed by atoms with Gasteiger partial charge in [-0.2, -0.15) is 5.26 Å². The number of thiophene rings is 1. The number of nitriles is 1. The maximum absolute atomic E-state index is 12.4. The average Bonchev–Trinajstić information content (AvgIpc) is 3.34. The zero-order valence-corrected chi connectivity index (χ0v) is 17.9. The lowest BCUT2D eigenvalue weighted by Gasteiger charge is -2.21. The van der Waals surface area contributed by atoms with Crippen molar-refractivity contribution in [1.82, 2.24) is 15.1 Å². The SMILES string of the molecule is CN1CCc2c(sc(NC(=O)CSc3nnc(COc4ccccc4)o3)c2C#N)C1. The molecule has 8 nitrogen and oxygen atoms in total. The first-order valence-corrected chi connectivity index (χ1v) is 11.1. The number of nitrogens with zero attached hydrogens (tertiary/aromatic N) is 4. The van der Waals surface area contributed by atoms with Crippen molar-refractivity contribution in [3.8, 4) is 11.8 Å². The number of rotatable bonds is 7. The first-order chi connectivity index (χ1) is 14.6. The van der Waals surface area contributed by atoms with Crippen LogP contribution in [0.3, 0.4) is 0 Å². The van der Waals surface area contributed by atoms with Gasteiger partial charge in [0.2, 0.25) is 5.91 Å². The zero-order valence-electron chi connectivity index (χ0n) is 16.3. The van der Waals surface area contributed by atoms with Crippen molar-refractivity contribution in [2.24, 2.45) is 0 Å². The Bertz CT molecular complexity index is 1070. The second-order valence-electron chi connectivity index (χ2n) is 6.71. The number of hydrogen-bond donors (Lipinski definition) is 1. The van der Waals surface area contributed by atoms with Gasteiger partial charge in [0.1, 0.15) is 16.8 Å². The summed E-state index contributed by atoms with van der Waals surface area (Å²) in [6, 6.07) is 11.6. The van der Waals surface area contributed by atoms with Gasteiger partial charge in [0, 0.05) is 18.0 Å². The van der Waals surface area contributed by atoms with E-state index in [-0.39, 0.29) is 18.3 Å². The van der Waals surface area contributed by atoms with E-state index in [0.29, 0.717) is 27.4 Å². The molecular formula is C20H19N5O3S2. The van der Waals surface area contributed by atoms with Crippen LogP contribution in [0, 0.1) is 11.3 Å². The van der Waals surface area contributed by atoms with Crippen LogP contribution in [0.15, 0.2) is 40.0 Å². The van der Waals surface area contributed by atoms with Gasteiger partial charge in [-0.15, -0.1) is 21.5 Å². The van der Waals surface area contributed by atoms with Gasteiger partial charge in [0.05, 0.1) is 11.3 Å². The number of para-hydroxylation sites is 1. The number of fused-ring (bicyclic) bond motifs is 1. The Labute approximate surface area is 181 Å². The molecule has 1 aliphatic heterocycles. The number of benzene rings is 1. The van der Waals surface area contributed by atoms with E-state index in [1.807, 2.05) is 37.4 Å². The van der Waals surface area contributed by atoms with Crippen LogP contribution in [-0.4, -0.2) is 40.3 Å². The summed E-state index contributed by atoms with van der Waals surface area (Å²) >= 11 is 2.62. The van der Waals surface area contributed by atoms with Crippen molar-refractivity contribution in [1.29, 1.82) is 5.26 Å². The average molecular weight is 442 g/mol. The summed E-state index contributed by atoms with van der Waals surface area (Å²) in [5.74, 6) is 0.934. The van der Waals surface area contributed by atoms with Crippen LogP contribution in [0.5, 0.6) is 5.75 Å². The highest BCUT2D eigenvalue weighted by atomic mass is 32.2. The maximum Gasteiger partial charge on any atom is 0.277 e. The van der Waals surface area contributed by atoms with Gasteiger partial charge < -0.3 is 19.4 Å². The first-order valence-electron chi connectivity index (χ1n) is 9.28. The van der Waals surface area contributed by atoms with Gasteiger partial charge in [0.25, 0.3) is 11.1 Å². The van der Waals surface area contributed by atoms with Crippen molar-refractivity contribution in [2.75, 3.05) is 24.7 Å². The molecule has 30 heavy (non-hydrogen) atoms. The summed E-state index contributed by atoms with van der Waals surface area (Å²) in [5, 5.41) is 21.2. The van der Waals surface area contributed by atoms with E-state index >= 15 is 0 Å². The van der Waals surface area contributed by atoms with Gasteiger partial charge in [-0.3, -0.25) is 4.79 Å². The van der Waals surface area contributed by atoms with E-state index in [4.69, 9.17) is 9.15 Å². The summed E-state index contributed by atoms with van der Waals surface area (Å²) in [7, 11) is 2.05. The van der Waals surface area contributed by atoms with E-state index in [9.17, 15) is 10.1 Å². The lowest BCUT2D eigenvalue weighted by molar-refractivity contribution is -0.113. The molecule has 1 N–H and O–H groups in total. The molecule has 0 saturated heterocycles. The predicted octanol–water partition coefficient (Wildman–Crippen LogP) is 3.30. The van der Waals surface area contributed by atoms with Crippen LogP contribution in [0.2, 0.25) is 0 Å². The van der Waals surface area contributed by atoms with E-state index in [2.05, 4.69) is 26.5 Å². The lowest BCUT2D eigenvalue weighted by Crippen LogP contribution is -2.25. The highest BCUT2D eigenvalue weighted by molar-refractivity contribution is 7.99. The van der Waals surface area contributed by atoms with Crippen LogP contribution >= 0.6 is 23.1 Å². The largest absolute Gasteiger partial charge is 0.484 e. The number of amides is 1. The van der Waals surface area contributed by atoms with E-state index < -0.39 is 0 Å². The number of hydrogen-bond acceptors (Lipinski definition) is 9. The standard InChI is InChI=1S/C20H19N5O3S2/c1-25-8-7-14-15(9-21)19(30-16(14)10-25)22-17(26)12-29-20-24-23-18(28-20)11-27-13-5-3-2-4-6-13/h2-6H,7-8,10-12H2,1H3,(H,22,26). The quantitative estimate of drug-likeness (QED) is 0.557. The van der Waals surface area contributed by atoms with Crippen molar-refractivity contribution in [3.05, 3.63) is 52.2 Å². The van der Waals surface area contributed by atoms with Crippen molar-refractivity contribution >= 4 is 34.0 Å². The highest BCUT2D eigenvalue weighted by Gasteiger charge is 2.24. The van der Waals surface area contributed by atoms with E-state index in [1.54, 1.807) is 0 Å². The normalized spacial score (nSPS) is 13.5. The molecule has 0 unspecified atom stereocenters. The molecule has 3 heterocycles. The molecule has 3 aromatic rings. The van der Waals surface area contributed by atoms with Gasteiger partial charge in [-0.1, -0.05) is 30.0 Å². The molecule has 10 heteroatoms. The fraction of sp³-hybridized carbons (Fsp3) is 0.300. The Kier molecular flexibility index (Phi) is 6.32. The lowest BCUT2D eigenvalue weighted by atomic mass is 10.0. The third-order valence-electron chi connectivity index (χ3n) is 4.49. The van der Waals surface area contributed by atoms with Crippen LogP contribution < -0.4 is 10.1 Å². The molecule has 154 valence electrons.